The average Bonchev–Trinajstić information content (AvgIpc) is 2.81. The molecule has 3 aromatic rings. The average molecular weight is 556 g/mol. The van der Waals surface area contributed by atoms with E-state index >= 15 is 0 Å². The van der Waals surface area contributed by atoms with Crippen molar-refractivity contribution in [1.29, 1.82) is 0 Å². The van der Waals surface area contributed by atoms with Crippen LogP contribution >= 0.6 is 23.2 Å². The number of benzene rings is 3. The summed E-state index contributed by atoms with van der Waals surface area (Å²) in [7, 11) is -7.63. The van der Waals surface area contributed by atoms with Crippen molar-refractivity contribution in [3.63, 3.8) is 0 Å². The van der Waals surface area contributed by atoms with Gasteiger partial charge in [0.1, 0.15) is 5.75 Å². The van der Waals surface area contributed by atoms with Gasteiger partial charge in [-0.1, -0.05) is 41.4 Å². The first-order valence-electron chi connectivity index (χ1n) is 10.1. The highest BCUT2D eigenvalue weighted by atomic mass is 35.5. The van der Waals surface area contributed by atoms with Gasteiger partial charge in [-0.2, -0.15) is 0 Å². The molecule has 4 rings (SSSR count). The molecule has 1 amide bonds. The zero-order valence-electron chi connectivity index (χ0n) is 18.1. The number of nitrogens with one attached hydrogen (secondary N) is 2. The molecule has 1 heterocycles. The lowest BCUT2D eigenvalue weighted by molar-refractivity contribution is -0.122. The summed E-state index contributed by atoms with van der Waals surface area (Å²) < 4.78 is 59.1. The standard InChI is InChI=1S/C22H19Cl2N3O6S2/c1-34(29,30)27-13-20(33-19-8-3-2-7-18(19)27)22(28)25-14-9-11-15(12-10-14)35(31,32)26-17-6-4-5-16(23)21(17)24/h2-12,20,26H,13H2,1H3,(H,25,28)/t20-/m0/s1. The monoisotopic (exact) mass is 555 g/mol. The van der Waals surface area contributed by atoms with Crippen molar-refractivity contribution in [3.05, 3.63) is 76.8 Å². The molecular formula is C22H19Cl2N3O6S2. The molecule has 3 aromatic carbocycles. The van der Waals surface area contributed by atoms with Gasteiger partial charge < -0.3 is 10.1 Å². The number of rotatable bonds is 6. The van der Waals surface area contributed by atoms with Gasteiger partial charge in [-0.25, -0.2) is 16.8 Å². The van der Waals surface area contributed by atoms with Gasteiger partial charge in [0.15, 0.2) is 6.10 Å². The number of halogens is 2. The van der Waals surface area contributed by atoms with Gasteiger partial charge in [-0.05, 0) is 48.5 Å². The van der Waals surface area contributed by atoms with Crippen LogP contribution in [0.15, 0.2) is 71.6 Å². The second-order valence-electron chi connectivity index (χ2n) is 7.59. The molecule has 0 aromatic heterocycles. The molecule has 1 aliphatic rings. The van der Waals surface area contributed by atoms with Crippen molar-refractivity contribution in [2.45, 2.75) is 11.0 Å². The molecule has 0 bridgehead atoms. The minimum Gasteiger partial charge on any atom is -0.476 e. The minimum absolute atomic E-state index is 0.0684. The fourth-order valence-corrected chi connectivity index (χ4v) is 5.77. The summed E-state index contributed by atoms with van der Waals surface area (Å²) in [6, 6.07) is 16.5. The van der Waals surface area contributed by atoms with Crippen LogP contribution in [-0.4, -0.2) is 41.6 Å². The van der Waals surface area contributed by atoms with E-state index in [0.29, 0.717) is 11.4 Å². The molecule has 0 unspecified atom stereocenters. The predicted molar refractivity (Wildman–Crippen MR) is 135 cm³/mol. The Morgan fingerprint density at radius 3 is 2.34 bits per heavy atom. The van der Waals surface area contributed by atoms with Gasteiger partial charge in [-0.3, -0.25) is 13.8 Å². The van der Waals surface area contributed by atoms with Crippen molar-refractivity contribution in [1.82, 2.24) is 0 Å². The molecule has 1 aliphatic heterocycles. The van der Waals surface area contributed by atoms with Crippen LogP contribution in [-0.2, 0) is 24.8 Å². The van der Waals surface area contributed by atoms with E-state index in [2.05, 4.69) is 10.0 Å². The summed E-state index contributed by atoms with van der Waals surface area (Å²) in [5.74, 6) is -0.330. The summed E-state index contributed by atoms with van der Waals surface area (Å²) in [6.45, 7) is -0.210. The molecule has 0 saturated heterocycles. The van der Waals surface area contributed by atoms with Crippen molar-refractivity contribution in [3.8, 4) is 5.75 Å². The molecule has 0 aliphatic carbocycles. The number of anilines is 3. The molecule has 9 nitrogen and oxygen atoms in total. The third kappa shape index (κ3) is 5.48. The van der Waals surface area contributed by atoms with Gasteiger partial charge in [0, 0.05) is 5.69 Å². The van der Waals surface area contributed by atoms with Crippen LogP contribution in [0.5, 0.6) is 5.75 Å². The fourth-order valence-electron chi connectivity index (χ4n) is 3.38. The Balaban J connectivity index is 1.49. The SMILES string of the molecule is CS(=O)(=O)N1C[C@@H](C(=O)Nc2ccc(S(=O)(=O)Nc3cccc(Cl)c3Cl)cc2)Oc2ccccc21. The minimum atomic E-state index is -3.98. The van der Waals surface area contributed by atoms with Crippen molar-refractivity contribution in [2.24, 2.45) is 0 Å². The number of carbonyl (C=O) groups is 1. The van der Waals surface area contributed by atoms with Gasteiger partial charge in [0.25, 0.3) is 15.9 Å². The lowest BCUT2D eigenvalue weighted by atomic mass is 10.2. The predicted octanol–water partition coefficient (Wildman–Crippen LogP) is 3.96. The largest absolute Gasteiger partial charge is 0.476 e. The molecule has 0 saturated carbocycles. The van der Waals surface area contributed by atoms with E-state index in [1.165, 1.54) is 36.4 Å². The molecule has 0 radical (unpaired) electrons. The highest BCUT2D eigenvalue weighted by Crippen LogP contribution is 2.35. The number of nitrogens with zero attached hydrogens (tertiary/aromatic N) is 1. The van der Waals surface area contributed by atoms with Crippen LogP contribution in [0.25, 0.3) is 0 Å². The third-order valence-corrected chi connectivity index (χ3v) is 8.40. The Hall–Kier alpha value is -2.99. The fraction of sp³-hybridized carbons (Fsp3) is 0.136. The zero-order chi connectivity index (χ0) is 25.4. The van der Waals surface area contributed by atoms with Gasteiger partial charge in [-0.15, -0.1) is 0 Å². The normalized spacial score (nSPS) is 15.6. The van der Waals surface area contributed by atoms with Crippen molar-refractivity contribution in [2.75, 3.05) is 27.1 Å². The van der Waals surface area contributed by atoms with Crippen LogP contribution in [0, 0.1) is 0 Å². The molecular weight excluding hydrogens is 537 g/mol. The number of hydrogen-bond donors (Lipinski definition) is 2. The molecule has 0 spiro atoms. The van der Waals surface area contributed by atoms with Crippen molar-refractivity contribution >= 4 is 66.2 Å². The zero-order valence-corrected chi connectivity index (χ0v) is 21.2. The maximum Gasteiger partial charge on any atom is 0.267 e. The van der Waals surface area contributed by atoms with E-state index in [1.807, 2.05) is 0 Å². The molecule has 0 fully saturated rings. The Bertz CT molecular complexity index is 1500. The second-order valence-corrected chi connectivity index (χ2v) is 12.0. The van der Waals surface area contributed by atoms with E-state index in [4.69, 9.17) is 27.9 Å². The number of para-hydroxylation sites is 2. The Morgan fingerprint density at radius 1 is 0.971 bits per heavy atom. The van der Waals surface area contributed by atoms with Crippen LogP contribution in [0.3, 0.4) is 0 Å². The number of carbonyl (C=O) groups excluding carboxylic acids is 1. The number of ether oxygens (including phenoxy) is 1. The van der Waals surface area contributed by atoms with E-state index in [9.17, 15) is 21.6 Å². The maximum atomic E-state index is 12.8. The molecule has 1 atom stereocenters. The highest BCUT2D eigenvalue weighted by molar-refractivity contribution is 7.92. The van der Waals surface area contributed by atoms with Crippen LogP contribution in [0.2, 0.25) is 10.0 Å². The molecule has 35 heavy (non-hydrogen) atoms. The first kappa shape index (κ1) is 25.1. The number of amides is 1. The van der Waals surface area contributed by atoms with E-state index in [1.54, 1.807) is 30.3 Å². The smallest absolute Gasteiger partial charge is 0.267 e. The first-order chi connectivity index (χ1) is 16.5. The maximum absolute atomic E-state index is 12.8. The number of fused-ring (bicyclic) bond motifs is 1. The van der Waals surface area contributed by atoms with Gasteiger partial charge in [0.2, 0.25) is 10.0 Å². The second kappa shape index (κ2) is 9.57. The number of sulfonamides is 2. The lowest BCUT2D eigenvalue weighted by Gasteiger charge is -2.33. The summed E-state index contributed by atoms with van der Waals surface area (Å²) >= 11 is 12.0. The van der Waals surface area contributed by atoms with E-state index in [0.717, 1.165) is 10.6 Å². The Kier molecular flexibility index (Phi) is 6.87. The van der Waals surface area contributed by atoms with Crippen molar-refractivity contribution < 1.29 is 26.4 Å². The Labute approximate surface area is 212 Å². The van der Waals surface area contributed by atoms with E-state index in [-0.39, 0.29) is 32.9 Å². The number of hydrogen-bond acceptors (Lipinski definition) is 6. The third-order valence-electron chi connectivity index (χ3n) is 5.06. The summed E-state index contributed by atoms with van der Waals surface area (Å²) in [5, 5.41) is 2.89. The van der Waals surface area contributed by atoms with Crippen LogP contribution in [0.4, 0.5) is 17.1 Å². The summed E-state index contributed by atoms with van der Waals surface area (Å²) in [6.07, 6.45) is -0.0666. The molecule has 184 valence electrons. The molecule has 13 heteroatoms. The van der Waals surface area contributed by atoms with Gasteiger partial charge in [0.05, 0.1) is 39.1 Å². The topological polar surface area (TPSA) is 122 Å². The Morgan fingerprint density at radius 2 is 1.66 bits per heavy atom. The highest BCUT2D eigenvalue weighted by Gasteiger charge is 2.35. The molecule has 2 N–H and O–H groups in total. The van der Waals surface area contributed by atoms with Crippen LogP contribution in [0.1, 0.15) is 0 Å². The summed E-state index contributed by atoms with van der Waals surface area (Å²) in [4.78, 5) is 12.8. The lowest BCUT2D eigenvalue weighted by Crippen LogP contribution is -2.48. The first-order valence-corrected chi connectivity index (χ1v) is 14.2. The van der Waals surface area contributed by atoms with Crippen LogP contribution < -0.4 is 19.1 Å². The van der Waals surface area contributed by atoms with E-state index < -0.39 is 32.1 Å². The van der Waals surface area contributed by atoms with Gasteiger partial charge >= 0.3 is 0 Å². The summed E-state index contributed by atoms with van der Waals surface area (Å²) in [5.41, 5.74) is 0.769. The quantitative estimate of drug-likeness (QED) is 0.474.